The van der Waals surface area contributed by atoms with Gasteiger partial charge in [-0.3, -0.25) is 0 Å². The SMILES string of the molecule is C=C(C)/C=C\C(OC)=C(C)C.CC.CC.CC.CCN.[HH]. The van der Waals surface area contributed by atoms with E-state index in [1.54, 1.807) is 7.11 Å². The van der Waals surface area contributed by atoms with Crippen LogP contribution in [0.2, 0.25) is 0 Å². The lowest BCUT2D eigenvalue weighted by molar-refractivity contribution is 0.302. The van der Waals surface area contributed by atoms with Crippen molar-refractivity contribution in [1.29, 1.82) is 0 Å². The van der Waals surface area contributed by atoms with Gasteiger partial charge in [-0.1, -0.05) is 66.7 Å². The van der Waals surface area contributed by atoms with Gasteiger partial charge in [0.15, 0.2) is 0 Å². The minimum atomic E-state index is 0. The van der Waals surface area contributed by atoms with Crippen molar-refractivity contribution in [2.75, 3.05) is 13.7 Å². The van der Waals surface area contributed by atoms with Gasteiger partial charge in [0.05, 0.1) is 7.11 Å². The second-order valence-corrected chi connectivity index (χ2v) is 3.16. The number of rotatable bonds is 3. The third-order valence-electron chi connectivity index (χ3n) is 1.23. The highest BCUT2D eigenvalue weighted by Crippen LogP contribution is 2.06. The number of ether oxygens (including phenoxy) is 1. The van der Waals surface area contributed by atoms with Gasteiger partial charge in [-0.05, 0) is 39.0 Å². The van der Waals surface area contributed by atoms with E-state index in [0.29, 0.717) is 0 Å². The molecule has 0 aliphatic heterocycles. The second kappa shape index (κ2) is 36.1. The number of hydrogen-bond donors (Lipinski definition) is 1. The van der Waals surface area contributed by atoms with Gasteiger partial charge in [0, 0.05) is 1.43 Å². The molecule has 0 amide bonds. The van der Waals surface area contributed by atoms with E-state index in [1.165, 1.54) is 5.57 Å². The highest BCUT2D eigenvalue weighted by Gasteiger charge is 1.90. The maximum Gasteiger partial charge on any atom is 0.117 e. The van der Waals surface area contributed by atoms with Crippen molar-refractivity contribution in [2.45, 2.75) is 69.2 Å². The first kappa shape index (κ1) is 31.4. The fraction of sp³-hybridized carbons (Fsp3) is 0.667. The summed E-state index contributed by atoms with van der Waals surface area (Å²) in [4.78, 5) is 0. The van der Waals surface area contributed by atoms with Crippen LogP contribution in [0.25, 0.3) is 0 Å². The Morgan fingerprint density at radius 3 is 1.45 bits per heavy atom. The lowest BCUT2D eigenvalue weighted by atomic mass is 10.2. The lowest BCUT2D eigenvalue weighted by Crippen LogP contribution is -1.87. The maximum absolute atomic E-state index is 5.11. The number of nitrogens with two attached hydrogens (primary N) is 1. The Morgan fingerprint density at radius 1 is 1.00 bits per heavy atom. The van der Waals surface area contributed by atoms with Crippen LogP contribution < -0.4 is 5.73 Å². The molecule has 0 heterocycles. The number of methoxy groups -OCH3 is 1. The molecule has 0 aromatic carbocycles. The molecule has 2 heteroatoms. The van der Waals surface area contributed by atoms with Gasteiger partial charge in [-0.2, -0.15) is 0 Å². The summed E-state index contributed by atoms with van der Waals surface area (Å²) in [6.45, 7) is 24.4. The summed E-state index contributed by atoms with van der Waals surface area (Å²) in [7, 11) is 1.67. The van der Waals surface area contributed by atoms with E-state index in [0.717, 1.165) is 17.9 Å². The molecule has 0 rings (SSSR count). The summed E-state index contributed by atoms with van der Waals surface area (Å²) in [5.41, 5.74) is 7.05. The average molecular weight is 290 g/mol. The summed E-state index contributed by atoms with van der Waals surface area (Å²) >= 11 is 0. The molecular weight excluding hydrogens is 246 g/mol. The molecule has 0 bridgehead atoms. The summed E-state index contributed by atoms with van der Waals surface area (Å²) in [6, 6.07) is 0. The predicted octanol–water partition coefficient (Wildman–Crippen LogP) is 6.35. The maximum atomic E-state index is 5.11. The minimum Gasteiger partial charge on any atom is -0.497 e. The molecule has 0 atom stereocenters. The van der Waals surface area contributed by atoms with Gasteiger partial charge in [0.2, 0.25) is 0 Å². The number of hydrogen-bond acceptors (Lipinski definition) is 2. The molecule has 0 aromatic heterocycles. The van der Waals surface area contributed by atoms with E-state index < -0.39 is 0 Å². The largest absolute Gasteiger partial charge is 0.497 e. The topological polar surface area (TPSA) is 35.2 Å². The molecule has 0 spiro atoms. The predicted molar refractivity (Wildman–Crippen MR) is 100 cm³/mol. The van der Waals surface area contributed by atoms with Gasteiger partial charge in [0.25, 0.3) is 0 Å². The Labute approximate surface area is 131 Å². The van der Waals surface area contributed by atoms with Crippen molar-refractivity contribution < 1.29 is 6.16 Å². The summed E-state index contributed by atoms with van der Waals surface area (Å²) in [5, 5.41) is 0. The van der Waals surface area contributed by atoms with Crippen molar-refractivity contribution in [3.05, 3.63) is 35.6 Å². The molecule has 0 unspecified atom stereocenters. The normalized spacial score (nSPS) is 7.20. The monoisotopic (exact) mass is 289 g/mol. The van der Waals surface area contributed by atoms with E-state index in [1.807, 2.05) is 81.4 Å². The van der Waals surface area contributed by atoms with Crippen LogP contribution in [0.4, 0.5) is 0 Å². The molecule has 0 aromatic rings. The Bertz CT molecular complexity index is 217. The smallest absolute Gasteiger partial charge is 0.117 e. The van der Waals surface area contributed by atoms with Crippen molar-refractivity contribution in [1.82, 2.24) is 0 Å². The van der Waals surface area contributed by atoms with Crippen LogP contribution in [0.5, 0.6) is 0 Å². The average Bonchev–Trinajstić information content (AvgIpc) is 2.46. The van der Waals surface area contributed by atoms with Crippen LogP contribution in [-0.4, -0.2) is 13.7 Å². The van der Waals surface area contributed by atoms with Crippen LogP contribution in [-0.2, 0) is 4.74 Å². The molecular formula is C18H43NO. The van der Waals surface area contributed by atoms with E-state index in [9.17, 15) is 0 Å². The third-order valence-corrected chi connectivity index (χ3v) is 1.23. The third kappa shape index (κ3) is 43.5. The molecule has 0 saturated heterocycles. The zero-order valence-electron chi connectivity index (χ0n) is 16.1. The van der Waals surface area contributed by atoms with E-state index in [2.05, 4.69) is 6.58 Å². The van der Waals surface area contributed by atoms with Crippen molar-refractivity contribution >= 4 is 0 Å². The molecule has 2 N–H and O–H groups in total. The number of allylic oxidation sites excluding steroid dienone is 4. The Morgan fingerprint density at radius 2 is 1.30 bits per heavy atom. The molecule has 0 aliphatic carbocycles. The van der Waals surface area contributed by atoms with Gasteiger partial charge < -0.3 is 10.5 Å². The summed E-state index contributed by atoms with van der Waals surface area (Å²) in [6.07, 6.45) is 3.86. The molecule has 0 aliphatic rings. The van der Waals surface area contributed by atoms with Gasteiger partial charge in [0.1, 0.15) is 5.76 Å². The van der Waals surface area contributed by atoms with Crippen molar-refractivity contribution in [3.8, 4) is 0 Å². The van der Waals surface area contributed by atoms with Crippen molar-refractivity contribution in [2.24, 2.45) is 5.73 Å². The fourth-order valence-electron chi connectivity index (χ4n) is 0.657. The fourth-order valence-corrected chi connectivity index (χ4v) is 0.657. The van der Waals surface area contributed by atoms with Gasteiger partial charge in [-0.25, -0.2) is 0 Å². The lowest BCUT2D eigenvalue weighted by Gasteiger charge is -2.01. The standard InChI is InChI=1S/C10H16O.C2H7N.3C2H6.H2/c1-8(2)6-7-10(11-5)9(3)4;1-2-3;3*1-2;/h6-7H,1H2,2-5H3;2-3H2,1H3;3*1-2H3;1H/b7-6-;;;;;. The highest BCUT2D eigenvalue weighted by atomic mass is 16.5. The zero-order chi connectivity index (χ0) is 17.6. The van der Waals surface area contributed by atoms with Crippen LogP contribution >= 0.6 is 0 Å². The summed E-state index contributed by atoms with van der Waals surface area (Å²) < 4.78 is 5.11. The first-order valence-electron chi connectivity index (χ1n) is 7.74. The zero-order valence-corrected chi connectivity index (χ0v) is 16.1. The van der Waals surface area contributed by atoms with E-state index in [-0.39, 0.29) is 1.43 Å². The minimum absolute atomic E-state index is 0. The molecule has 0 saturated carbocycles. The Hall–Kier alpha value is -1.02. The molecule has 2 nitrogen and oxygen atoms in total. The molecule has 20 heavy (non-hydrogen) atoms. The van der Waals surface area contributed by atoms with Crippen LogP contribution in [0.1, 0.15) is 70.7 Å². The van der Waals surface area contributed by atoms with Crippen LogP contribution in [0, 0.1) is 0 Å². The molecule has 0 fully saturated rings. The Balaban J connectivity index is -0.0000000476. The Kier molecular flexibility index (Phi) is 56.7. The first-order valence-corrected chi connectivity index (χ1v) is 7.74. The van der Waals surface area contributed by atoms with E-state index >= 15 is 0 Å². The van der Waals surface area contributed by atoms with Crippen LogP contribution in [0.3, 0.4) is 0 Å². The van der Waals surface area contributed by atoms with Gasteiger partial charge in [-0.15, -0.1) is 0 Å². The van der Waals surface area contributed by atoms with E-state index in [4.69, 9.17) is 10.5 Å². The molecule has 0 radical (unpaired) electrons. The quantitative estimate of drug-likeness (QED) is 0.485. The molecule has 126 valence electrons. The second-order valence-electron chi connectivity index (χ2n) is 3.16. The van der Waals surface area contributed by atoms with Crippen LogP contribution in [0.15, 0.2) is 35.6 Å². The first-order chi connectivity index (χ1) is 9.49. The van der Waals surface area contributed by atoms with Gasteiger partial charge >= 0.3 is 0 Å². The van der Waals surface area contributed by atoms with Crippen molar-refractivity contribution in [3.63, 3.8) is 0 Å². The summed E-state index contributed by atoms with van der Waals surface area (Å²) in [5.74, 6) is 0.910. The highest BCUT2D eigenvalue weighted by molar-refractivity contribution is 5.23.